The molecule has 1 amide bonds. The molecule has 1 unspecified atom stereocenters. The Kier molecular flexibility index (Phi) is 1.40. The van der Waals surface area contributed by atoms with Crippen LogP contribution in [0.1, 0.15) is 6.42 Å². The highest BCUT2D eigenvalue weighted by molar-refractivity contribution is 5.79. The molecule has 0 bridgehead atoms. The summed E-state index contributed by atoms with van der Waals surface area (Å²) in [6, 6.07) is 0. The zero-order valence-electron chi connectivity index (χ0n) is 5.28. The van der Waals surface area contributed by atoms with Crippen molar-refractivity contribution in [1.82, 2.24) is 0 Å². The van der Waals surface area contributed by atoms with Crippen LogP contribution in [0.15, 0.2) is 0 Å². The highest BCUT2D eigenvalue weighted by Crippen LogP contribution is 2.54. The van der Waals surface area contributed by atoms with E-state index in [4.69, 9.17) is 0 Å². The van der Waals surface area contributed by atoms with E-state index in [1.54, 1.807) is 0 Å². The average molecular weight is 171 g/mol. The molecular weight excluding hydrogens is 166 g/mol. The largest absolute Gasteiger partial charge is 0.369 e. The van der Waals surface area contributed by atoms with E-state index in [-0.39, 0.29) is 0 Å². The van der Waals surface area contributed by atoms with Gasteiger partial charge >= 0.3 is 11.8 Å². The van der Waals surface area contributed by atoms with Gasteiger partial charge in [-0.3, -0.25) is 4.79 Å². The van der Waals surface area contributed by atoms with Crippen LogP contribution in [0.2, 0.25) is 0 Å². The van der Waals surface area contributed by atoms with Crippen LogP contribution in [-0.4, -0.2) is 17.8 Å². The maximum absolute atomic E-state index is 12.2. The highest BCUT2D eigenvalue weighted by Gasteiger charge is 2.73. The predicted molar refractivity (Wildman–Crippen MR) is 27.2 cm³/mol. The Balaban J connectivity index is 2.77. The van der Waals surface area contributed by atoms with Gasteiger partial charge in [0.1, 0.15) is 5.92 Å². The number of halogens is 4. The maximum Gasteiger partial charge on any atom is 0.321 e. The number of rotatable bonds is 1. The van der Waals surface area contributed by atoms with E-state index in [2.05, 4.69) is 5.73 Å². The van der Waals surface area contributed by atoms with Crippen molar-refractivity contribution in [3.63, 3.8) is 0 Å². The van der Waals surface area contributed by atoms with E-state index >= 15 is 0 Å². The molecule has 11 heavy (non-hydrogen) atoms. The molecule has 0 aromatic heterocycles. The zero-order valence-corrected chi connectivity index (χ0v) is 5.28. The molecule has 1 aliphatic carbocycles. The van der Waals surface area contributed by atoms with Gasteiger partial charge in [-0.05, 0) is 0 Å². The lowest BCUT2D eigenvalue weighted by Gasteiger charge is -2.41. The third kappa shape index (κ3) is 0.883. The summed E-state index contributed by atoms with van der Waals surface area (Å²) in [6.45, 7) is 0. The van der Waals surface area contributed by atoms with Crippen molar-refractivity contribution >= 4 is 5.91 Å². The van der Waals surface area contributed by atoms with Gasteiger partial charge in [0, 0.05) is 6.42 Å². The van der Waals surface area contributed by atoms with Gasteiger partial charge in [0.05, 0.1) is 0 Å². The fourth-order valence-electron chi connectivity index (χ4n) is 0.924. The third-order valence-corrected chi connectivity index (χ3v) is 1.73. The molecule has 1 aliphatic rings. The lowest BCUT2D eigenvalue weighted by atomic mass is 9.76. The molecule has 0 heterocycles. The fourth-order valence-corrected chi connectivity index (χ4v) is 0.924. The van der Waals surface area contributed by atoms with Gasteiger partial charge in [0.25, 0.3) is 0 Å². The second kappa shape index (κ2) is 1.86. The molecule has 64 valence electrons. The molecule has 0 aliphatic heterocycles. The van der Waals surface area contributed by atoms with Crippen LogP contribution in [-0.2, 0) is 4.79 Å². The summed E-state index contributed by atoms with van der Waals surface area (Å²) < 4.78 is 48.3. The molecule has 0 saturated heterocycles. The first-order chi connectivity index (χ1) is 4.79. The summed E-state index contributed by atoms with van der Waals surface area (Å²) in [7, 11) is 0. The average Bonchev–Trinajstić information content (AvgIpc) is 1.82. The Morgan fingerprint density at radius 1 is 1.36 bits per heavy atom. The third-order valence-electron chi connectivity index (χ3n) is 1.73. The first-order valence-corrected chi connectivity index (χ1v) is 2.84. The van der Waals surface area contributed by atoms with Crippen LogP contribution >= 0.6 is 0 Å². The van der Waals surface area contributed by atoms with Gasteiger partial charge < -0.3 is 5.73 Å². The van der Waals surface area contributed by atoms with Crippen LogP contribution < -0.4 is 5.73 Å². The second-order valence-corrected chi connectivity index (χ2v) is 2.49. The van der Waals surface area contributed by atoms with Crippen LogP contribution in [0.25, 0.3) is 0 Å². The summed E-state index contributed by atoms with van der Waals surface area (Å²) >= 11 is 0. The fraction of sp³-hybridized carbons (Fsp3) is 0.800. The van der Waals surface area contributed by atoms with Gasteiger partial charge in [0.15, 0.2) is 0 Å². The monoisotopic (exact) mass is 171 g/mol. The quantitative estimate of drug-likeness (QED) is 0.581. The van der Waals surface area contributed by atoms with E-state index in [0.29, 0.717) is 0 Å². The standard InChI is InChI=1S/C5H5F4NO/c6-4(7)1-2(3(10)11)5(4,8)9/h2H,1H2,(H2,10,11). The van der Waals surface area contributed by atoms with Crippen molar-refractivity contribution in [1.29, 1.82) is 0 Å². The minimum atomic E-state index is -4.25. The Morgan fingerprint density at radius 3 is 1.91 bits per heavy atom. The van der Waals surface area contributed by atoms with Crippen LogP contribution in [0.3, 0.4) is 0 Å². The Hall–Kier alpha value is -0.810. The van der Waals surface area contributed by atoms with Crippen LogP contribution in [0.4, 0.5) is 17.6 Å². The van der Waals surface area contributed by atoms with E-state index in [1.165, 1.54) is 0 Å². The molecule has 1 fully saturated rings. The van der Waals surface area contributed by atoms with E-state index in [9.17, 15) is 22.4 Å². The molecule has 1 saturated carbocycles. The zero-order chi connectivity index (χ0) is 8.86. The van der Waals surface area contributed by atoms with Gasteiger partial charge in [0.2, 0.25) is 5.91 Å². The summed E-state index contributed by atoms with van der Waals surface area (Å²) in [5.74, 6) is -11.7. The first kappa shape index (κ1) is 8.29. The summed E-state index contributed by atoms with van der Waals surface area (Å²) in [6.07, 6.45) is -1.14. The molecule has 2 N–H and O–H groups in total. The van der Waals surface area contributed by atoms with E-state index in [1.807, 2.05) is 0 Å². The minimum absolute atomic E-state index is 1.14. The van der Waals surface area contributed by atoms with Crippen molar-refractivity contribution in [3.8, 4) is 0 Å². The van der Waals surface area contributed by atoms with Gasteiger partial charge in [-0.2, -0.15) is 17.6 Å². The van der Waals surface area contributed by atoms with Gasteiger partial charge in [-0.1, -0.05) is 0 Å². The van der Waals surface area contributed by atoms with Gasteiger partial charge in [-0.15, -0.1) is 0 Å². The Labute approximate surface area is 59.4 Å². The number of carbonyl (C=O) groups excluding carboxylic acids is 1. The Morgan fingerprint density at radius 2 is 1.82 bits per heavy atom. The number of carbonyl (C=O) groups is 1. The van der Waals surface area contributed by atoms with Crippen LogP contribution in [0.5, 0.6) is 0 Å². The second-order valence-electron chi connectivity index (χ2n) is 2.49. The molecule has 0 spiro atoms. The van der Waals surface area contributed by atoms with Crippen molar-refractivity contribution in [3.05, 3.63) is 0 Å². The predicted octanol–water partition coefficient (Wildman–Crippen LogP) is 0.762. The number of amides is 1. The summed E-state index contributed by atoms with van der Waals surface area (Å²) in [4.78, 5) is 10.1. The molecule has 0 aromatic rings. The number of alkyl halides is 4. The molecule has 0 aromatic carbocycles. The highest BCUT2D eigenvalue weighted by atomic mass is 19.3. The first-order valence-electron chi connectivity index (χ1n) is 2.84. The topological polar surface area (TPSA) is 43.1 Å². The molecule has 2 nitrogen and oxygen atoms in total. The summed E-state index contributed by atoms with van der Waals surface area (Å²) in [5.41, 5.74) is 4.44. The van der Waals surface area contributed by atoms with Crippen LogP contribution in [0, 0.1) is 5.92 Å². The number of hydrogen-bond acceptors (Lipinski definition) is 1. The van der Waals surface area contributed by atoms with Crippen molar-refractivity contribution in [2.45, 2.75) is 18.3 Å². The van der Waals surface area contributed by atoms with Crippen molar-refractivity contribution < 1.29 is 22.4 Å². The molecule has 1 atom stereocenters. The van der Waals surface area contributed by atoms with Gasteiger partial charge in [-0.25, -0.2) is 0 Å². The molecule has 6 heteroatoms. The minimum Gasteiger partial charge on any atom is -0.369 e. The van der Waals surface area contributed by atoms with E-state index < -0.39 is 30.1 Å². The molecule has 1 rings (SSSR count). The summed E-state index contributed by atoms with van der Waals surface area (Å²) in [5, 5.41) is 0. The smallest absolute Gasteiger partial charge is 0.321 e. The maximum atomic E-state index is 12.2. The normalized spacial score (nSPS) is 32.5. The lowest BCUT2D eigenvalue weighted by Crippen LogP contribution is -2.62. The molecule has 0 radical (unpaired) electrons. The number of hydrogen-bond donors (Lipinski definition) is 1. The molecular formula is C5H5F4NO. The van der Waals surface area contributed by atoms with E-state index in [0.717, 1.165) is 0 Å². The Bertz CT molecular complexity index is 203. The van der Waals surface area contributed by atoms with Crippen molar-refractivity contribution in [2.75, 3.05) is 0 Å². The SMILES string of the molecule is NC(=O)C1CC(F)(F)C1(F)F. The number of nitrogens with two attached hydrogens (primary N) is 1. The number of primary amides is 1. The van der Waals surface area contributed by atoms with Crippen molar-refractivity contribution in [2.24, 2.45) is 11.7 Å². The lowest BCUT2D eigenvalue weighted by molar-refractivity contribution is -0.304.